The van der Waals surface area contributed by atoms with Gasteiger partial charge in [-0.2, -0.15) is 0 Å². The lowest BCUT2D eigenvalue weighted by Crippen LogP contribution is -2.28. The van der Waals surface area contributed by atoms with E-state index in [4.69, 9.17) is 5.73 Å². The molecule has 0 aliphatic heterocycles. The van der Waals surface area contributed by atoms with Crippen LogP contribution in [0.15, 0.2) is 18.2 Å². The lowest BCUT2D eigenvalue weighted by atomic mass is 10.1. The highest BCUT2D eigenvalue weighted by Crippen LogP contribution is 2.33. The number of aromatic hydroxyl groups is 1. The molecule has 0 heterocycles. The van der Waals surface area contributed by atoms with Gasteiger partial charge in [0.05, 0.1) is 5.69 Å². The summed E-state index contributed by atoms with van der Waals surface area (Å²) in [6.07, 6.45) is 2.58. The molecule has 1 aromatic rings. The number of amides is 1. The van der Waals surface area contributed by atoms with Crippen molar-refractivity contribution in [2.45, 2.75) is 32.2 Å². The highest BCUT2D eigenvalue weighted by atomic mass is 16.3. The molecule has 1 unspecified atom stereocenters. The Bertz CT molecular complexity index is 427. The molecule has 1 atom stereocenters. The molecule has 0 saturated heterocycles. The number of carbonyl (C=O) groups is 1. The summed E-state index contributed by atoms with van der Waals surface area (Å²) in [5, 5.41) is 12.5. The molecule has 0 radical (unpaired) electrons. The topological polar surface area (TPSA) is 75.4 Å². The first kappa shape index (κ1) is 11.9. The third kappa shape index (κ3) is 2.97. The molecule has 4 nitrogen and oxygen atoms in total. The molecule has 1 aromatic carbocycles. The van der Waals surface area contributed by atoms with Gasteiger partial charge in [0.1, 0.15) is 5.75 Å². The van der Waals surface area contributed by atoms with Crippen LogP contribution in [-0.2, 0) is 4.79 Å². The molecule has 0 aromatic heterocycles. The van der Waals surface area contributed by atoms with E-state index >= 15 is 0 Å². The second-order valence-electron chi connectivity index (χ2n) is 4.72. The van der Waals surface area contributed by atoms with Gasteiger partial charge in [0.25, 0.3) is 0 Å². The highest BCUT2D eigenvalue weighted by Gasteiger charge is 2.29. The van der Waals surface area contributed by atoms with Crippen LogP contribution in [0.2, 0.25) is 0 Å². The van der Waals surface area contributed by atoms with Gasteiger partial charge in [-0.25, -0.2) is 0 Å². The maximum atomic E-state index is 11.7. The molecule has 92 valence electrons. The van der Waals surface area contributed by atoms with Crippen LogP contribution >= 0.6 is 0 Å². The van der Waals surface area contributed by atoms with E-state index < -0.39 is 0 Å². The SMILES string of the molecule is Cc1cccc(NC(=O)CC(N)C2CC2)c1O. The van der Waals surface area contributed by atoms with E-state index in [1.165, 1.54) is 0 Å². The number of phenolic OH excluding ortho intramolecular Hbond substituents is 1. The fourth-order valence-electron chi connectivity index (χ4n) is 1.87. The van der Waals surface area contributed by atoms with Gasteiger partial charge >= 0.3 is 0 Å². The zero-order valence-electron chi connectivity index (χ0n) is 9.94. The summed E-state index contributed by atoms with van der Waals surface area (Å²) in [5.74, 6) is 0.498. The van der Waals surface area contributed by atoms with Crippen molar-refractivity contribution in [3.8, 4) is 5.75 Å². The number of nitrogens with two attached hydrogens (primary N) is 1. The number of anilines is 1. The summed E-state index contributed by atoms with van der Waals surface area (Å²) in [7, 11) is 0. The minimum absolute atomic E-state index is 0.0537. The fourth-order valence-corrected chi connectivity index (χ4v) is 1.87. The summed E-state index contributed by atoms with van der Waals surface area (Å²) < 4.78 is 0. The van der Waals surface area contributed by atoms with Crippen molar-refractivity contribution >= 4 is 11.6 Å². The first-order valence-electron chi connectivity index (χ1n) is 5.92. The lowest BCUT2D eigenvalue weighted by Gasteiger charge is -2.12. The first-order valence-corrected chi connectivity index (χ1v) is 5.92. The van der Waals surface area contributed by atoms with Gasteiger partial charge < -0.3 is 16.2 Å². The summed E-state index contributed by atoms with van der Waals surface area (Å²) in [6, 6.07) is 5.22. The highest BCUT2D eigenvalue weighted by molar-refractivity contribution is 5.92. The Balaban J connectivity index is 1.95. The second-order valence-corrected chi connectivity index (χ2v) is 4.72. The summed E-state index contributed by atoms with van der Waals surface area (Å²) in [6.45, 7) is 1.79. The van der Waals surface area contributed by atoms with Crippen LogP contribution in [0.5, 0.6) is 5.75 Å². The van der Waals surface area contributed by atoms with Gasteiger partial charge in [-0.15, -0.1) is 0 Å². The number of benzene rings is 1. The molecule has 1 amide bonds. The number of rotatable bonds is 4. The molecule has 0 spiro atoms. The van der Waals surface area contributed by atoms with Crippen molar-refractivity contribution in [1.82, 2.24) is 0 Å². The fraction of sp³-hybridized carbons (Fsp3) is 0.462. The zero-order chi connectivity index (χ0) is 12.4. The van der Waals surface area contributed by atoms with E-state index in [1.807, 2.05) is 0 Å². The van der Waals surface area contributed by atoms with Crippen LogP contribution in [-0.4, -0.2) is 17.1 Å². The number of hydrogen-bond acceptors (Lipinski definition) is 3. The van der Waals surface area contributed by atoms with Crippen molar-refractivity contribution in [1.29, 1.82) is 0 Å². The second kappa shape index (κ2) is 4.75. The normalized spacial score (nSPS) is 16.6. The molecule has 1 aliphatic rings. The Labute approximate surface area is 101 Å². The van der Waals surface area contributed by atoms with Crippen molar-refractivity contribution in [2.75, 3.05) is 5.32 Å². The molecular weight excluding hydrogens is 216 g/mol. The van der Waals surface area contributed by atoms with Crippen molar-refractivity contribution < 1.29 is 9.90 Å². The molecular formula is C13H18N2O2. The molecule has 1 saturated carbocycles. The van der Waals surface area contributed by atoms with E-state index in [0.717, 1.165) is 18.4 Å². The van der Waals surface area contributed by atoms with Crippen molar-refractivity contribution in [3.63, 3.8) is 0 Å². The van der Waals surface area contributed by atoms with Gasteiger partial charge in [0.15, 0.2) is 0 Å². The average molecular weight is 234 g/mol. The van der Waals surface area contributed by atoms with Gasteiger partial charge in [-0.1, -0.05) is 12.1 Å². The summed E-state index contributed by atoms with van der Waals surface area (Å²) in [5.41, 5.74) is 7.08. The van der Waals surface area contributed by atoms with Gasteiger partial charge in [-0.3, -0.25) is 4.79 Å². The van der Waals surface area contributed by atoms with Crippen LogP contribution in [0.25, 0.3) is 0 Å². The number of hydrogen-bond donors (Lipinski definition) is 3. The maximum Gasteiger partial charge on any atom is 0.226 e. The third-order valence-corrected chi connectivity index (χ3v) is 3.16. The van der Waals surface area contributed by atoms with Crippen LogP contribution in [0.1, 0.15) is 24.8 Å². The molecule has 4 N–H and O–H groups in total. The Morgan fingerprint density at radius 2 is 2.29 bits per heavy atom. The minimum Gasteiger partial charge on any atom is -0.505 e. The van der Waals surface area contributed by atoms with Crippen LogP contribution in [0.3, 0.4) is 0 Å². The summed E-state index contributed by atoms with van der Waals surface area (Å²) in [4.78, 5) is 11.7. The molecule has 17 heavy (non-hydrogen) atoms. The average Bonchev–Trinajstić information content (AvgIpc) is 3.08. The number of carbonyl (C=O) groups excluding carboxylic acids is 1. The Morgan fingerprint density at radius 1 is 1.59 bits per heavy atom. The quantitative estimate of drug-likeness (QED) is 0.695. The van der Waals surface area contributed by atoms with E-state index in [1.54, 1.807) is 25.1 Å². The Kier molecular flexibility index (Phi) is 3.33. The largest absolute Gasteiger partial charge is 0.505 e. The smallest absolute Gasteiger partial charge is 0.226 e. The molecule has 0 bridgehead atoms. The van der Waals surface area contributed by atoms with Gasteiger partial charge in [0.2, 0.25) is 5.91 Å². The predicted octanol–water partition coefficient (Wildman–Crippen LogP) is 1.77. The Morgan fingerprint density at radius 3 is 2.94 bits per heavy atom. The number of para-hydroxylation sites is 1. The van der Waals surface area contributed by atoms with Crippen LogP contribution in [0, 0.1) is 12.8 Å². The standard InChI is InChI=1S/C13H18N2O2/c1-8-3-2-4-11(13(8)17)15-12(16)7-10(14)9-5-6-9/h2-4,9-10,17H,5-7,14H2,1H3,(H,15,16). The van der Waals surface area contributed by atoms with E-state index in [-0.39, 0.29) is 17.7 Å². The third-order valence-electron chi connectivity index (χ3n) is 3.16. The molecule has 4 heteroatoms. The first-order chi connectivity index (χ1) is 8.08. The van der Waals surface area contributed by atoms with Gasteiger partial charge in [-0.05, 0) is 37.3 Å². The van der Waals surface area contributed by atoms with E-state index in [0.29, 0.717) is 18.0 Å². The zero-order valence-corrected chi connectivity index (χ0v) is 9.94. The number of nitrogens with one attached hydrogen (secondary N) is 1. The predicted molar refractivity (Wildman–Crippen MR) is 66.8 cm³/mol. The van der Waals surface area contributed by atoms with Crippen LogP contribution in [0.4, 0.5) is 5.69 Å². The summed E-state index contributed by atoms with van der Waals surface area (Å²) >= 11 is 0. The van der Waals surface area contributed by atoms with Crippen molar-refractivity contribution in [3.05, 3.63) is 23.8 Å². The van der Waals surface area contributed by atoms with E-state index in [9.17, 15) is 9.90 Å². The molecule has 2 rings (SSSR count). The molecule has 1 aliphatic carbocycles. The van der Waals surface area contributed by atoms with Crippen molar-refractivity contribution in [2.24, 2.45) is 11.7 Å². The van der Waals surface area contributed by atoms with Crippen LogP contribution < -0.4 is 11.1 Å². The number of aryl methyl sites for hydroxylation is 1. The Hall–Kier alpha value is -1.55. The van der Waals surface area contributed by atoms with E-state index in [2.05, 4.69) is 5.32 Å². The maximum absolute atomic E-state index is 11.7. The lowest BCUT2D eigenvalue weighted by molar-refractivity contribution is -0.116. The van der Waals surface area contributed by atoms with Gasteiger partial charge in [0, 0.05) is 12.5 Å². The minimum atomic E-state index is -0.134. The monoisotopic (exact) mass is 234 g/mol. The number of phenols is 1. The molecule has 1 fully saturated rings.